The normalized spacial score (nSPS) is 16.6. The van der Waals surface area contributed by atoms with Crippen molar-refractivity contribution in [1.29, 1.82) is 0 Å². The molecule has 1 unspecified atom stereocenters. The monoisotopic (exact) mass is 398 g/mol. The van der Waals surface area contributed by atoms with Gasteiger partial charge >= 0.3 is 0 Å². The topological polar surface area (TPSA) is 71.6 Å². The number of hydrogen-bond donors (Lipinski definition) is 0. The third-order valence-electron chi connectivity index (χ3n) is 4.25. The summed E-state index contributed by atoms with van der Waals surface area (Å²) in [6.07, 6.45) is 2.26. The molecule has 0 saturated heterocycles. The van der Waals surface area contributed by atoms with Gasteiger partial charge in [0.25, 0.3) is 5.91 Å². The molecule has 1 aromatic carbocycles. The molecule has 1 atom stereocenters. The predicted molar refractivity (Wildman–Crippen MR) is 106 cm³/mol. The van der Waals surface area contributed by atoms with Crippen LogP contribution in [0.25, 0.3) is 0 Å². The van der Waals surface area contributed by atoms with Crippen LogP contribution in [0.4, 0.5) is 0 Å². The standard InChI is InChI=1S/C19H18N4O2S2/c1-12-5-7-14(8-6-12)15-10-16(17-4-3-9-25-17)23(22-15)18(24)11-26-19-21-20-13(2)27-19/h3-9,16H,10-11H2,1-2H3. The van der Waals surface area contributed by atoms with Crippen LogP contribution in [0.2, 0.25) is 0 Å². The van der Waals surface area contributed by atoms with Crippen molar-refractivity contribution in [3.8, 4) is 0 Å². The van der Waals surface area contributed by atoms with E-state index >= 15 is 0 Å². The Bertz CT molecular complexity index is 964. The summed E-state index contributed by atoms with van der Waals surface area (Å²) < 4.78 is 6.36. The van der Waals surface area contributed by atoms with E-state index in [1.165, 1.54) is 28.7 Å². The fraction of sp³-hybridized carbons (Fsp3) is 0.263. The molecule has 3 aromatic rings. The first kappa shape index (κ1) is 17.9. The molecule has 8 heteroatoms. The molecule has 2 aromatic heterocycles. The van der Waals surface area contributed by atoms with Gasteiger partial charge in [-0.3, -0.25) is 4.79 Å². The van der Waals surface area contributed by atoms with E-state index in [2.05, 4.69) is 27.4 Å². The highest BCUT2D eigenvalue weighted by molar-refractivity contribution is 8.01. The molecule has 0 saturated carbocycles. The third-order valence-corrected chi connectivity index (χ3v) is 6.21. The average molecular weight is 399 g/mol. The lowest BCUT2D eigenvalue weighted by molar-refractivity contribution is -0.130. The fourth-order valence-electron chi connectivity index (χ4n) is 2.89. The zero-order valence-corrected chi connectivity index (χ0v) is 16.6. The van der Waals surface area contributed by atoms with Crippen molar-refractivity contribution in [2.45, 2.75) is 30.6 Å². The van der Waals surface area contributed by atoms with Gasteiger partial charge in [0.05, 0.1) is 17.7 Å². The van der Waals surface area contributed by atoms with Crippen LogP contribution in [0.1, 0.15) is 34.4 Å². The molecule has 3 heterocycles. The highest BCUT2D eigenvalue weighted by Gasteiger charge is 2.34. The summed E-state index contributed by atoms with van der Waals surface area (Å²) in [5.74, 6) is 0.929. The van der Waals surface area contributed by atoms with Gasteiger partial charge in [-0.25, -0.2) is 5.01 Å². The second kappa shape index (κ2) is 7.66. The molecular formula is C19H18N4O2S2. The zero-order valence-electron chi connectivity index (χ0n) is 15.0. The van der Waals surface area contributed by atoms with Gasteiger partial charge in [0.1, 0.15) is 16.8 Å². The molecule has 0 N–H and O–H groups in total. The highest BCUT2D eigenvalue weighted by Crippen LogP contribution is 2.34. The number of carbonyl (C=O) groups is 1. The number of rotatable bonds is 5. The van der Waals surface area contributed by atoms with Crippen LogP contribution in [-0.4, -0.2) is 32.6 Å². The van der Waals surface area contributed by atoms with E-state index in [9.17, 15) is 4.79 Å². The maximum absolute atomic E-state index is 12.9. The molecule has 4 rings (SSSR count). The van der Waals surface area contributed by atoms with Crippen LogP contribution in [-0.2, 0) is 4.79 Å². The minimum absolute atomic E-state index is 0.0728. The number of carbonyl (C=O) groups excluding carboxylic acids is 1. The maximum atomic E-state index is 12.9. The van der Waals surface area contributed by atoms with Crippen LogP contribution in [0.15, 0.2) is 56.5 Å². The van der Waals surface area contributed by atoms with Crippen LogP contribution in [0.5, 0.6) is 0 Å². The molecule has 0 radical (unpaired) electrons. The molecule has 1 amide bonds. The first-order valence-corrected chi connectivity index (χ1v) is 10.3. The van der Waals surface area contributed by atoms with E-state index < -0.39 is 0 Å². The molecule has 0 fully saturated rings. The summed E-state index contributed by atoms with van der Waals surface area (Å²) in [7, 11) is 0. The third kappa shape index (κ3) is 3.96. The minimum atomic E-state index is -0.222. The van der Waals surface area contributed by atoms with Crippen LogP contribution >= 0.6 is 23.1 Å². The van der Waals surface area contributed by atoms with Crippen molar-refractivity contribution >= 4 is 34.7 Å². The molecule has 138 valence electrons. The lowest BCUT2D eigenvalue weighted by Crippen LogP contribution is -2.28. The summed E-state index contributed by atoms with van der Waals surface area (Å²) >= 11 is 2.87. The van der Waals surface area contributed by atoms with Gasteiger partial charge in [-0.05, 0) is 31.5 Å². The van der Waals surface area contributed by atoms with Crippen molar-refractivity contribution < 1.29 is 9.21 Å². The minimum Gasteiger partial charge on any atom is -0.467 e. The summed E-state index contributed by atoms with van der Waals surface area (Å²) in [4.78, 5) is 12.9. The quantitative estimate of drug-likeness (QED) is 0.602. The summed E-state index contributed by atoms with van der Waals surface area (Å²) in [5.41, 5.74) is 3.11. The molecule has 0 bridgehead atoms. The van der Waals surface area contributed by atoms with Gasteiger partial charge in [0, 0.05) is 6.42 Å². The van der Waals surface area contributed by atoms with Crippen molar-refractivity contribution in [2.75, 3.05) is 5.75 Å². The van der Waals surface area contributed by atoms with Crippen molar-refractivity contribution in [1.82, 2.24) is 15.2 Å². The smallest absolute Gasteiger partial charge is 0.253 e. The van der Waals surface area contributed by atoms with Crippen molar-refractivity contribution in [3.63, 3.8) is 0 Å². The number of nitrogens with zero attached hydrogens (tertiary/aromatic N) is 4. The largest absolute Gasteiger partial charge is 0.467 e. The Hall–Kier alpha value is -2.45. The van der Waals surface area contributed by atoms with Gasteiger partial charge in [-0.15, -0.1) is 10.2 Å². The Balaban J connectivity index is 1.55. The number of thioether (sulfide) groups is 1. The lowest BCUT2D eigenvalue weighted by atomic mass is 10.0. The van der Waals surface area contributed by atoms with E-state index in [1.54, 1.807) is 11.3 Å². The van der Waals surface area contributed by atoms with E-state index in [1.807, 2.05) is 38.1 Å². The van der Waals surface area contributed by atoms with E-state index in [-0.39, 0.29) is 17.7 Å². The molecule has 6 nitrogen and oxygen atoms in total. The van der Waals surface area contributed by atoms with Crippen LogP contribution in [0.3, 0.4) is 0 Å². The van der Waals surface area contributed by atoms with Crippen molar-refractivity contribution in [2.24, 2.45) is 5.10 Å². The second-order valence-electron chi connectivity index (χ2n) is 6.26. The summed E-state index contributed by atoms with van der Waals surface area (Å²) in [6, 6.07) is 11.7. The lowest BCUT2D eigenvalue weighted by Gasteiger charge is -2.19. The Morgan fingerprint density at radius 1 is 1.26 bits per heavy atom. The molecule has 27 heavy (non-hydrogen) atoms. The SMILES string of the molecule is Cc1ccc(C2=NN(C(=O)CSc3nnc(C)s3)C(c3ccco3)C2)cc1. The number of amides is 1. The van der Waals surface area contributed by atoms with Gasteiger partial charge in [0.15, 0.2) is 4.34 Å². The Labute approximate surface area is 165 Å². The number of hydrazone groups is 1. The second-order valence-corrected chi connectivity index (χ2v) is 8.67. The average Bonchev–Trinajstić information content (AvgIpc) is 3.40. The summed E-state index contributed by atoms with van der Waals surface area (Å²) in [6.45, 7) is 3.95. The molecular weight excluding hydrogens is 380 g/mol. The Morgan fingerprint density at radius 3 is 2.74 bits per heavy atom. The van der Waals surface area contributed by atoms with E-state index in [0.29, 0.717) is 6.42 Å². The zero-order chi connectivity index (χ0) is 18.8. The van der Waals surface area contributed by atoms with Crippen LogP contribution in [0, 0.1) is 13.8 Å². The van der Waals surface area contributed by atoms with Gasteiger partial charge < -0.3 is 4.42 Å². The van der Waals surface area contributed by atoms with Gasteiger partial charge in [-0.1, -0.05) is 52.9 Å². The molecule has 0 spiro atoms. The van der Waals surface area contributed by atoms with Crippen LogP contribution < -0.4 is 0 Å². The molecule has 1 aliphatic rings. The first-order valence-electron chi connectivity index (χ1n) is 8.53. The fourth-order valence-corrected chi connectivity index (χ4v) is 4.56. The summed E-state index contributed by atoms with van der Waals surface area (Å²) in [5, 5.41) is 15.1. The highest BCUT2D eigenvalue weighted by atomic mass is 32.2. The number of aryl methyl sites for hydroxylation is 2. The Kier molecular flexibility index (Phi) is 5.09. The Morgan fingerprint density at radius 2 is 2.07 bits per heavy atom. The number of aromatic nitrogens is 2. The molecule has 0 aliphatic carbocycles. The predicted octanol–water partition coefficient (Wildman–Crippen LogP) is 4.22. The first-order chi connectivity index (χ1) is 13.1. The van der Waals surface area contributed by atoms with Gasteiger partial charge in [-0.2, -0.15) is 5.10 Å². The maximum Gasteiger partial charge on any atom is 0.253 e. The van der Waals surface area contributed by atoms with Gasteiger partial charge in [0.2, 0.25) is 0 Å². The van der Waals surface area contributed by atoms with Crippen molar-refractivity contribution in [3.05, 3.63) is 64.6 Å². The molecule has 1 aliphatic heterocycles. The number of benzene rings is 1. The number of hydrogen-bond acceptors (Lipinski definition) is 7. The van der Waals surface area contributed by atoms with E-state index in [0.717, 1.165) is 26.4 Å². The van der Waals surface area contributed by atoms with E-state index in [4.69, 9.17) is 4.42 Å². The number of furan rings is 1.